The highest BCUT2D eigenvalue weighted by Crippen LogP contribution is 2.50. The van der Waals surface area contributed by atoms with Gasteiger partial charge in [0.25, 0.3) is 0 Å². The lowest BCUT2D eigenvalue weighted by Crippen LogP contribution is -2.61. The maximum Gasteiger partial charge on any atom is 0.165 e. The molecule has 2 aromatic rings. The number of aryl methyl sites for hydroxylation is 1. The van der Waals surface area contributed by atoms with Crippen LogP contribution in [0.1, 0.15) is 108 Å². The zero-order valence-electron chi connectivity index (χ0n) is 27.5. The lowest BCUT2D eigenvalue weighted by molar-refractivity contribution is -0.190. The van der Waals surface area contributed by atoms with Gasteiger partial charge in [0.05, 0.1) is 11.9 Å². The topological polar surface area (TPSA) is 57.2 Å². The van der Waals surface area contributed by atoms with Crippen molar-refractivity contribution in [1.29, 1.82) is 0 Å². The number of rotatable bonds is 21. The third-order valence-corrected chi connectivity index (χ3v) is 9.76. The van der Waals surface area contributed by atoms with Crippen molar-refractivity contribution in [3.8, 4) is 0 Å². The van der Waals surface area contributed by atoms with E-state index in [0.29, 0.717) is 33.0 Å². The van der Waals surface area contributed by atoms with Crippen LogP contribution in [-0.2, 0) is 36.7 Å². The zero-order chi connectivity index (χ0) is 30.9. The molecule has 3 rings (SSSR count). The molecule has 0 amide bonds. The van der Waals surface area contributed by atoms with Crippen LogP contribution >= 0.6 is 11.8 Å². The van der Waals surface area contributed by atoms with E-state index in [-0.39, 0.29) is 11.4 Å². The van der Waals surface area contributed by atoms with Gasteiger partial charge in [0.2, 0.25) is 0 Å². The van der Waals surface area contributed by atoms with E-state index in [0.717, 1.165) is 69.8 Å². The molecule has 1 aliphatic rings. The van der Waals surface area contributed by atoms with Crippen LogP contribution in [0.25, 0.3) is 0 Å². The lowest BCUT2D eigenvalue weighted by Gasteiger charge is -2.50. The highest BCUT2D eigenvalue weighted by Gasteiger charge is 2.56. The van der Waals surface area contributed by atoms with Crippen molar-refractivity contribution in [3.05, 3.63) is 70.8 Å². The summed E-state index contributed by atoms with van der Waals surface area (Å²) in [6.45, 7) is 13.9. The number of hydrogen-bond acceptors (Lipinski definition) is 6. The Hall–Kier alpha value is -1.41. The van der Waals surface area contributed by atoms with Gasteiger partial charge in [0, 0.05) is 26.4 Å². The fourth-order valence-electron chi connectivity index (χ4n) is 5.49. The molecule has 1 unspecified atom stereocenters. The lowest BCUT2D eigenvalue weighted by atomic mass is 9.91. The van der Waals surface area contributed by atoms with Gasteiger partial charge in [-0.2, -0.15) is 0 Å². The summed E-state index contributed by atoms with van der Waals surface area (Å²) in [6, 6.07) is 17.3. The Morgan fingerprint density at radius 1 is 0.674 bits per heavy atom. The molecule has 1 aliphatic heterocycles. The van der Waals surface area contributed by atoms with Gasteiger partial charge in [-0.25, -0.2) is 0 Å². The zero-order valence-corrected chi connectivity index (χ0v) is 28.3. The van der Waals surface area contributed by atoms with Crippen LogP contribution in [0.3, 0.4) is 0 Å². The average Bonchev–Trinajstić information content (AvgIpc) is 3.02. The van der Waals surface area contributed by atoms with E-state index in [2.05, 4.69) is 77.1 Å². The first-order valence-electron chi connectivity index (χ1n) is 17.0. The standard InChI is InChI=1S/C37H58O5S/c1-6-11-22-39-28-33-34(40-23-12-7-2)35(41-24-13-8-3)36(42-25-14-9-4)37(38,43-33)32-17-15-16-31(27-32)26-30-20-18-29(10-5)19-21-30/h15-21,27,33-36,38H,6-14,22-26,28H2,1-5H3/t33-,34-,35+,36-,37?/m1/s1. The van der Waals surface area contributed by atoms with Gasteiger partial charge in [0.15, 0.2) is 4.93 Å². The van der Waals surface area contributed by atoms with Crippen molar-refractivity contribution >= 4 is 11.8 Å². The summed E-state index contributed by atoms with van der Waals surface area (Å²) in [5.41, 5.74) is 4.63. The first-order valence-corrected chi connectivity index (χ1v) is 17.9. The molecule has 1 heterocycles. The highest BCUT2D eigenvalue weighted by atomic mass is 32.2. The summed E-state index contributed by atoms with van der Waals surface area (Å²) in [5.74, 6) is 0. The van der Waals surface area contributed by atoms with E-state index in [4.69, 9.17) is 18.9 Å². The Morgan fingerprint density at radius 2 is 1.26 bits per heavy atom. The van der Waals surface area contributed by atoms with Gasteiger partial charge >= 0.3 is 0 Å². The normalized spacial score (nSPS) is 24.0. The molecule has 2 aromatic carbocycles. The molecule has 1 N–H and O–H groups in total. The molecular formula is C37H58O5S. The first-order chi connectivity index (χ1) is 21.0. The summed E-state index contributed by atoms with van der Waals surface area (Å²) >= 11 is 1.54. The minimum absolute atomic E-state index is 0.0957. The minimum Gasteiger partial charge on any atom is -0.380 e. The third kappa shape index (κ3) is 10.9. The van der Waals surface area contributed by atoms with Crippen molar-refractivity contribution in [3.63, 3.8) is 0 Å². The van der Waals surface area contributed by atoms with Crippen molar-refractivity contribution in [2.24, 2.45) is 0 Å². The fourth-order valence-corrected chi connectivity index (χ4v) is 7.08. The molecule has 5 atom stereocenters. The van der Waals surface area contributed by atoms with Gasteiger partial charge in [-0.3, -0.25) is 0 Å². The molecule has 0 aromatic heterocycles. The Morgan fingerprint density at radius 3 is 1.88 bits per heavy atom. The molecular weight excluding hydrogens is 556 g/mol. The van der Waals surface area contributed by atoms with Crippen molar-refractivity contribution in [2.75, 3.05) is 33.0 Å². The molecule has 43 heavy (non-hydrogen) atoms. The van der Waals surface area contributed by atoms with Crippen LogP contribution in [-0.4, -0.2) is 61.7 Å². The molecule has 0 aliphatic carbocycles. The number of hydrogen-bond donors (Lipinski definition) is 1. The Bertz CT molecular complexity index is 1010. The quantitative estimate of drug-likeness (QED) is 0.142. The van der Waals surface area contributed by atoms with Crippen LogP contribution in [0, 0.1) is 0 Å². The summed E-state index contributed by atoms with van der Waals surface area (Å²) in [6.07, 6.45) is 8.73. The van der Waals surface area contributed by atoms with E-state index in [1.807, 2.05) is 6.07 Å². The summed E-state index contributed by atoms with van der Waals surface area (Å²) in [4.78, 5) is -1.31. The van der Waals surface area contributed by atoms with Gasteiger partial charge in [-0.15, -0.1) is 11.8 Å². The first kappa shape index (κ1) is 36.1. The number of thioether (sulfide) groups is 1. The summed E-state index contributed by atoms with van der Waals surface area (Å²) < 4.78 is 26.1. The predicted molar refractivity (Wildman–Crippen MR) is 180 cm³/mol. The van der Waals surface area contributed by atoms with Crippen LogP contribution in [0.4, 0.5) is 0 Å². The predicted octanol–water partition coefficient (Wildman–Crippen LogP) is 8.47. The largest absolute Gasteiger partial charge is 0.380 e. The van der Waals surface area contributed by atoms with Gasteiger partial charge in [-0.1, -0.05) is 109 Å². The number of benzene rings is 2. The molecule has 0 saturated carbocycles. The fraction of sp³-hybridized carbons (Fsp3) is 0.676. The van der Waals surface area contributed by atoms with Crippen LogP contribution in [0.2, 0.25) is 0 Å². The van der Waals surface area contributed by atoms with Gasteiger partial charge in [-0.05, 0) is 60.8 Å². The summed E-state index contributed by atoms with van der Waals surface area (Å²) in [5, 5.41) is 12.7. The number of ether oxygens (including phenoxy) is 4. The number of unbranched alkanes of at least 4 members (excludes halogenated alkanes) is 4. The molecule has 0 radical (unpaired) electrons. The highest BCUT2D eigenvalue weighted by molar-refractivity contribution is 8.00. The third-order valence-electron chi connectivity index (χ3n) is 8.22. The van der Waals surface area contributed by atoms with Crippen LogP contribution < -0.4 is 0 Å². The van der Waals surface area contributed by atoms with E-state index in [1.54, 1.807) is 11.8 Å². The molecule has 0 spiro atoms. The molecule has 1 fully saturated rings. The van der Waals surface area contributed by atoms with E-state index < -0.39 is 17.1 Å². The van der Waals surface area contributed by atoms with Crippen LogP contribution in [0.5, 0.6) is 0 Å². The summed E-state index contributed by atoms with van der Waals surface area (Å²) in [7, 11) is 0. The van der Waals surface area contributed by atoms with E-state index in [9.17, 15) is 5.11 Å². The molecule has 1 saturated heterocycles. The Labute approximate surface area is 266 Å². The van der Waals surface area contributed by atoms with Gasteiger partial charge < -0.3 is 24.1 Å². The molecule has 0 bridgehead atoms. The van der Waals surface area contributed by atoms with E-state index >= 15 is 0 Å². The second kappa shape index (κ2) is 19.9. The molecule has 6 heteroatoms. The SMILES string of the molecule is CCCCOC[C@H]1SC(O)(c2cccc(Cc3ccc(CC)cc3)c2)[C@H](OCCCC)[C@@H](OCCCC)[C@@H]1OCCCC. The van der Waals surface area contributed by atoms with Crippen molar-refractivity contribution in [2.45, 2.75) is 127 Å². The maximum absolute atomic E-state index is 12.8. The smallest absolute Gasteiger partial charge is 0.165 e. The number of aliphatic hydroxyl groups is 1. The molecule has 5 nitrogen and oxygen atoms in total. The Balaban J connectivity index is 2.00. The average molecular weight is 615 g/mol. The van der Waals surface area contributed by atoms with Crippen molar-refractivity contribution < 1.29 is 24.1 Å². The maximum atomic E-state index is 12.8. The van der Waals surface area contributed by atoms with Crippen LogP contribution in [0.15, 0.2) is 48.5 Å². The van der Waals surface area contributed by atoms with Gasteiger partial charge in [0.1, 0.15) is 18.3 Å². The van der Waals surface area contributed by atoms with E-state index in [1.165, 1.54) is 16.7 Å². The Kier molecular flexibility index (Phi) is 16.7. The second-order valence-electron chi connectivity index (χ2n) is 11.9. The monoisotopic (exact) mass is 614 g/mol. The molecule has 242 valence electrons. The minimum atomic E-state index is -1.31. The second-order valence-corrected chi connectivity index (χ2v) is 13.3. The van der Waals surface area contributed by atoms with Crippen molar-refractivity contribution in [1.82, 2.24) is 0 Å².